The number of hydrogen-bond acceptors (Lipinski definition) is 4. The van der Waals surface area contributed by atoms with Crippen molar-refractivity contribution in [2.75, 3.05) is 18.4 Å². The molecule has 0 radical (unpaired) electrons. The van der Waals surface area contributed by atoms with E-state index in [0.717, 1.165) is 18.8 Å². The normalized spacial score (nSPS) is 10.4. The Hall–Kier alpha value is -2.37. The standard InChI is InChI=1S/C15H21N5O/c1-3-7-17-14-12(5-4-8-18-14)15(21)19-9-6-13-16-10-11-20(13)2/h4-5,8,10-11H,3,6-7,9H2,1-2H3,(H,17,18)(H,19,21). The van der Waals surface area contributed by atoms with E-state index in [2.05, 4.69) is 27.5 Å². The zero-order chi connectivity index (χ0) is 15.1. The third-order valence-corrected chi connectivity index (χ3v) is 3.15. The van der Waals surface area contributed by atoms with Crippen molar-refractivity contribution < 1.29 is 4.79 Å². The molecule has 6 nitrogen and oxygen atoms in total. The van der Waals surface area contributed by atoms with Gasteiger partial charge in [-0.3, -0.25) is 4.79 Å². The highest BCUT2D eigenvalue weighted by Crippen LogP contribution is 2.11. The smallest absolute Gasteiger partial charge is 0.255 e. The van der Waals surface area contributed by atoms with Gasteiger partial charge >= 0.3 is 0 Å². The molecule has 0 aliphatic rings. The second-order valence-electron chi connectivity index (χ2n) is 4.79. The van der Waals surface area contributed by atoms with E-state index in [0.29, 0.717) is 24.3 Å². The minimum atomic E-state index is -0.115. The zero-order valence-electron chi connectivity index (χ0n) is 12.5. The van der Waals surface area contributed by atoms with Crippen molar-refractivity contribution in [2.24, 2.45) is 7.05 Å². The molecular weight excluding hydrogens is 266 g/mol. The van der Waals surface area contributed by atoms with Crippen LogP contribution in [0.3, 0.4) is 0 Å². The lowest BCUT2D eigenvalue weighted by Gasteiger charge is -2.10. The van der Waals surface area contributed by atoms with Gasteiger partial charge in [0.2, 0.25) is 0 Å². The Labute approximate surface area is 124 Å². The highest BCUT2D eigenvalue weighted by Gasteiger charge is 2.11. The number of amides is 1. The molecule has 21 heavy (non-hydrogen) atoms. The molecule has 1 amide bonds. The molecule has 2 aromatic rings. The van der Waals surface area contributed by atoms with Crippen molar-refractivity contribution in [1.29, 1.82) is 0 Å². The molecular formula is C15H21N5O. The molecule has 6 heteroatoms. The van der Waals surface area contributed by atoms with Gasteiger partial charge in [0, 0.05) is 45.1 Å². The Kier molecular flexibility index (Phi) is 5.31. The van der Waals surface area contributed by atoms with E-state index in [-0.39, 0.29) is 5.91 Å². The fourth-order valence-electron chi connectivity index (χ4n) is 1.99. The minimum Gasteiger partial charge on any atom is -0.369 e. The van der Waals surface area contributed by atoms with Gasteiger partial charge < -0.3 is 15.2 Å². The molecule has 0 unspecified atom stereocenters. The van der Waals surface area contributed by atoms with Crippen molar-refractivity contribution in [2.45, 2.75) is 19.8 Å². The van der Waals surface area contributed by atoms with Crippen LogP contribution in [0.1, 0.15) is 29.5 Å². The molecule has 0 bridgehead atoms. The summed E-state index contributed by atoms with van der Waals surface area (Å²) in [4.78, 5) is 20.7. The van der Waals surface area contributed by atoms with Crippen molar-refractivity contribution >= 4 is 11.7 Å². The monoisotopic (exact) mass is 287 g/mol. The van der Waals surface area contributed by atoms with E-state index in [1.807, 2.05) is 17.8 Å². The number of imidazole rings is 1. The predicted octanol–water partition coefficient (Wildman–Crippen LogP) is 1.61. The third-order valence-electron chi connectivity index (χ3n) is 3.15. The van der Waals surface area contributed by atoms with Crippen LogP contribution in [0.4, 0.5) is 5.82 Å². The van der Waals surface area contributed by atoms with Gasteiger partial charge in [0.15, 0.2) is 0 Å². The van der Waals surface area contributed by atoms with E-state index >= 15 is 0 Å². The lowest BCUT2D eigenvalue weighted by atomic mass is 10.2. The van der Waals surface area contributed by atoms with E-state index in [9.17, 15) is 4.79 Å². The van der Waals surface area contributed by atoms with E-state index in [1.54, 1.807) is 24.5 Å². The number of rotatable bonds is 7. The lowest BCUT2D eigenvalue weighted by Crippen LogP contribution is -2.27. The average Bonchev–Trinajstić information content (AvgIpc) is 2.91. The number of aromatic nitrogens is 3. The van der Waals surface area contributed by atoms with Crippen LogP contribution < -0.4 is 10.6 Å². The van der Waals surface area contributed by atoms with Gasteiger partial charge in [0.25, 0.3) is 5.91 Å². The summed E-state index contributed by atoms with van der Waals surface area (Å²) in [6.07, 6.45) is 7.02. The highest BCUT2D eigenvalue weighted by atomic mass is 16.1. The Morgan fingerprint density at radius 3 is 2.86 bits per heavy atom. The first-order chi connectivity index (χ1) is 10.2. The number of anilines is 1. The van der Waals surface area contributed by atoms with Gasteiger partial charge in [0.1, 0.15) is 11.6 Å². The fraction of sp³-hybridized carbons (Fsp3) is 0.400. The van der Waals surface area contributed by atoms with Crippen LogP contribution in [0.15, 0.2) is 30.7 Å². The molecule has 0 fully saturated rings. The van der Waals surface area contributed by atoms with Gasteiger partial charge in [-0.15, -0.1) is 0 Å². The Balaban J connectivity index is 1.92. The molecule has 2 rings (SSSR count). The molecule has 0 aliphatic carbocycles. The molecule has 0 saturated heterocycles. The first kappa shape index (κ1) is 15.0. The van der Waals surface area contributed by atoms with Crippen LogP contribution in [0.25, 0.3) is 0 Å². The Morgan fingerprint density at radius 1 is 1.29 bits per heavy atom. The first-order valence-corrected chi connectivity index (χ1v) is 7.15. The number of nitrogens with one attached hydrogen (secondary N) is 2. The summed E-state index contributed by atoms with van der Waals surface area (Å²) in [5.41, 5.74) is 0.575. The predicted molar refractivity (Wildman–Crippen MR) is 82.3 cm³/mol. The second kappa shape index (κ2) is 7.42. The van der Waals surface area contributed by atoms with Gasteiger partial charge in [-0.05, 0) is 18.6 Å². The van der Waals surface area contributed by atoms with E-state index < -0.39 is 0 Å². The summed E-state index contributed by atoms with van der Waals surface area (Å²) < 4.78 is 1.95. The van der Waals surface area contributed by atoms with E-state index in [4.69, 9.17) is 0 Å². The number of nitrogens with zero attached hydrogens (tertiary/aromatic N) is 3. The summed E-state index contributed by atoms with van der Waals surface area (Å²) in [5, 5.41) is 6.08. The van der Waals surface area contributed by atoms with Gasteiger partial charge in [0.05, 0.1) is 5.56 Å². The van der Waals surface area contributed by atoms with Crippen LogP contribution >= 0.6 is 0 Å². The lowest BCUT2D eigenvalue weighted by molar-refractivity contribution is 0.0954. The molecule has 0 aliphatic heterocycles. The Morgan fingerprint density at radius 2 is 2.14 bits per heavy atom. The van der Waals surface area contributed by atoms with Crippen molar-refractivity contribution in [1.82, 2.24) is 19.9 Å². The summed E-state index contributed by atoms with van der Waals surface area (Å²) >= 11 is 0. The summed E-state index contributed by atoms with van der Waals surface area (Å²) in [5.74, 6) is 1.47. The second-order valence-corrected chi connectivity index (χ2v) is 4.79. The molecule has 0 atom stereocenters. The van der Waals surface area contributed by atoms with Crippen LogP contribution in [0, 0.1) is 0 Å². The van der Waals surface area contributed by atoms with Gasteiger partial charge in [-0.25, -0.2) is 9.97 Å². The highest BCUT2D eigenvalue weighted by molar-refractivity contribution is 5.98. The summed E-state index contributed by atoms with van der Waals surface area (Å²) in [6, 6.07) is 3.55. The van der Waals surface area contributed by atoms with Crippen LogP contribution in [0.2, 0.25) is 0 Å². The van der Waals surface area contributed by atoms with Crippen LogP contribution in [-0.2, 0) is 13.5 Å². The zero-order valence-corrected chi connectivity index (χ0v) is 12.5. The molecule has 112 valence electrons. The maximum absolute atomic E-state index is 12.2. The molecule has 2 heterocycles. The summed E-state index contributed by atoms with van der Waals surface area (Å²) in [7, 11) is 1.94. The number of aryl methyl sites for hydroxylation is 1. The SMILES string of the molecule is CCCNc1ncccc1C(=O)NCCc1nccn1C. The maximum atomic E-state index is 12.2. The molecule has 0 aromatic carbocycles. The van der Waals surface area contributed by atoms with E-state index in [1.165, 1.54) is 0 Å². The molecule has 2 N–H and O–H groups in total. The van der Waals surface area contributed by atoms with Crippen LogP contribution in [0.5, 0.6) is 0 Å². The fourth-order valence-corrected chi connectivity index (χ4v) is 1.99. The van der Waals surface area contributed by atoms with Crippen LogP contribution in [-0.4, -0.2) is 33.5 Å². The average molecular weight is 287 g/mol. The molecule has 2 aromatic heterocycles. The Bertz CT molecular complexity index is 593. The molecule has 0 spiro atoms. The van der Waals surface area contributed by atoms with Crippen molar-refractivity contribution in [3.63, 3.8) is 0 Å². The van der Waals surface area contributed by atoms with Gasteiger partial charge in [-0.1, -0.05) is 6.92 Å². The van der Waals surface area contributed by atoms with Gasteiger partial charge in [-0.2, -0.15) is 0 Å². The van der Waals surface area contributed by atoms with Crippen molar-refractivity contribution in [3.05, 3.63) is 42.1 Å². The maximum Gasteiger partial charge on any atom is 0.255 e. The number of carbonyl (C=O) groups excluding carboxylic acids is 1. The quantitative estimate of drug-likeness (QED) is 0.811. The molecule has 0 saturated carbocycles. The van der Waals surface area contributed by atoms with Crippen molar-refractivity contribution in [3.8, 4) is 0 Å². The number of hydrogen-bond donors (Lipinski definition) is 2. The summed E-state index contributed by atoms with van der Waals surface area (Å²) in [6.45, 7) is 3.42. The third kappa shape index (κ3) is 4.05. The topological polar surface area (TPSA) is 71.8 Å². The number of carbonyl (C=O) groups is 1. The minimum absolute atomic E-state index is 0.115. The first-order valence-electron chi connectivity index (χ1n) is 7.15. The largest absolute Gasteiger partial charge is 0.369 e. The number of pyridine rings is 1.